The topological polar surface area (TPSA) is 117 Å². The highest BCUT2D eigenvalue weighted by molar-refractivity contribution is 7.99. The fraction of sp³-hybridized carbons (Fsp3) is 0.125. The number of hydrogen-bond donors (Lipinski definition) is 2. The molecule has 2 aromatic rings. The summed E-state index contributed by atoms with van der Waals surface area (Å²) in [5.41, 5.74) is 7.67. The number of rotatable bonds is 4. The number of carbonyl (C=O) groups is 1. The van der Waals surface area contributed by atoms with Crippen LogP contribution in [0.15, 0.2) is 29.3 Å². The highest BCUT2D eigenvalue weighted by Crippen LogP contribution is 2.22. The van der Waals surface area contributed by atoms with Crippen molar-refractivity contribution in [3.63, 3.8) is 0 Å². The zero-order valence-electron chi connectivity index (χ0n) is 12.7. The van der Waals surface area contributed by atoms with Crippen molar-refractivity contribution >= 4 is 40.8 Å². The first kappa shape index (κ1) is 17.6. The third-order valence-electron chi connectivity index (χ3n) is 3.12. The van der Waals surface area contributed by atoms with Crippen LogP contribution in [-0.2, 0) is 4.79 Å². The van der Waals surface area contributed by atoms with E-state index in [2.05, 4.69) is 10.3 Å². The minimum absolute atomic E-state index is 0.0714. The van der Waals surface area contributed by atoms with Gasteiger partial charge in [-0.05, 0) is 30.7 Å². The highest BCUT2D eigenvalue weighted by Gasteiger charge is 2.16. The second-order valence-electron chi connectivity index (χ2n) is 4.86. The third-order valence-corrected chi connectivity index (χ3v) is 4.54. The molecule has 0 spiro atoms. The average molecular weight is 359 g/mol. The Balaban J connectivity index is 2.06. The van der Waals surface area contributed by atoms with Crippen LogP contribution in [-0.4, -0.2) is 11.7 Å². The molecular formula is C16H13ClN5OS+. The van der Waals surface area contributed by atoms with Gasteiger partial charge >= 0.3 is 0 Å². The molecule has 0 atom stereocenters. The van der Waals surface area contributed by atoms with Crippen LogP contribution in [0, 0.1) is 29.6 Å². The molecule has 0 saturated carbocycles. The van der Waals surface area contributed by atoms with Crippen LogP contribution in [0.3, 0.4) is 0 Å². The number of anilines is 2. The minimum Gasteiger partial charge on any atom is -0.325 e. The fourth-order valence-corrected chi connectivity index (χ4v) is 2.81. The molecule has 2 rings (SSSR count). The Morgan fingerprint density at radius 1 is 1.33 bits per heavy atom. The van der Waals surface area contributed by atoms with Gasteiger partial charge in [-0.15, -0.1) is 0 Å². The van der Waals surface area contributed by atoms with Gasteiger partial charge in [0.15, 0.2) is 5.03 Å². The molecule has 1 aromatic carbocycles. The molecule has 0 aliphatic rings. The number of pyridine rings is 1. The second-order valence-corrected chi connectivity index (χ2v) is 6.26. The van der Waals surface area contributed by atoms with Crippen molar-refractivity contribution in [2.45, 2.75) is 11.9 Å². The van der Waals surface area contributed by atoms with E-state index in [0.717, 1.165) is 17.3 Å². The van der Waals surface area contributed by atoms with Gasteiger partial charge in [-0.2, -0.15) is 10.5 Å². The standard InChI is InChI=1S/C16H12ClN5OS/c1-9-2-3-12(5-13(9)17)21-14(23)8-24-16-11(7-19)4-10(6-18)15(20)22-16/h2-5H,8H2,1H3,(H2,20,22)(H,21,23)/p+1. The SMILES string of the molecule is Cc1ccc(NC(=O)CSc2[nH+]c(N)c(C#N)cc2C#N)cc1Cl. The summed E-state index contributed by atoms with van der Waals surface area (Å²) in [4.78, 5) is 14.8. The molecule has 8 heteroatoms. The number of benzene rings is 1. The number of aryl methyl sites for hydroxylation is 1. The summed E-state index contributed by atoms with van der Waals surface area (Å²) < 4.78 is 0. The molecule has 1 aromatic heterocycles. The number of aromatic amines is 1. The molecule has 6 nitrogen and oxygen atoms in total. The lowest BCUT2D eigenvalue weighted by atomic mass is 10.2. The van der Waals surface area contributed by atoms with Gasteiger partial charge in [-0.3, -0.25) is 10.5 Å². The number of nitrogens with zero attached hydrogens (tertiary/aromatic N) is 2. The first-order valence-electron chi connectivity index (χ1n) is 6.79. The number of carbonyl (C=O) groups excluding carboxylic acids is 1. The first-order chi connectivity index (χ1) is 11.4. The van der Waals surface area contributed by atoms with Crippen molar-refractivity contribution in [2.24, 2.45) is 0 Å². The molecule has 120 valence electrons. The van der Waals surface area contributed by atoms with E-state index >= 15 is 0 Å². The second kappa shape index (κ2) is 7.69. The van der Waals surface area contributed by atoms with Crippen LogP contribution < -0.4 is 16.0 Å². The number of hydrogen-bond acceptors (Lipinski definition) is 5. The number of nitrogens with two attached hydrogens (primary N) is 1. The number of aromatic nitrogens is 1. The Morgan fingerprint density at radius 2 is 2.04 bits per heavy atom. The summed E-state index contributed by atoms with van der Waals surface area (Å²) >= 11 is 7.15. The zero-order chi connectivity index (χ0) is 17.7. The van der Waals surface area contributed by atoms with E-state index in [-0.39, 0.29) is 28.6 Å². The van der Waals surface area contributed by atoms with Gasteiger partial charge < -0.3 is 5.32 Å². The van der Waals surface area contributed by atoms with E-state index in [9.17, 15) is 4.79 Å². The maximum atomic E-state index is 12.0. The van der Waals surface area contributed by atoms with Crippen LogP contribution in [0.25, 0.3) is 0 Å². The number of amides is 1. The lowest BCUT2D eigenvalue weighted by Crippen LogP contribution is -2.19. The Bertz CT molecular complexity index is 885. The van der Waals surface area contributed by atoms with Gasteiger partial charge in [0.05, 0.1) is 5.75 Å². The molecule has 1 heterocycles. The van der Waals surface area contributed by atoms with Crippen LogP contribution >= 0.6 is 23.4 Å². The number of thioether (sulfide) groups is 1. The van der Waals surface area contributed by atoms with Crippen molar-refractivity contribution < 1.29 is 9.78 Å². The van der Waals surface area contributed by atoms with E-state index in [1.54, 1.807) is 12.1 Å². The smallest absolute Gasteiger partial charge is 0.289 e. The molecule has 0 radical (unpaired) electrons. The average Bonchev–Trinajstić information content (AvgIpc) is 2.56. The largest absolute Gasteiger partial charge is 0.325 e. The molecule has 0 bridgehead atoms. The van der Waals surface area contributed by atoms with Crippen LogP contribution in [0.4, 0.5) is 11.5 Å². The Morgan fingerprint density at radius 3 is 2.67 bits per heavy atom. The summed E-state index contributed by atoms with van der Waals surface area (Å²) in [5.74, 6) is -0.0213. The van der Waals surface area contributed by atoms with Gasteiger partial charge in [-0.1, -0.05) is 29.4 Å². The lowest BCUT2D eigenvalue weighted by molar-refractivity contribution is -0.410. The van der Waals surface area contributed by atoms with Gasteiger partial charge in [0.2, 0.25) is 5.91 Å². The van der Waals surface area contributed by atoms with Gasteiger partial charge in [0.25, 0.3) is 5.82 Å². The number of nitriles is 2. The van der Waals surface area contributed by atoms with Crippen molar-refractivity contribution in [2.75, 3.05) is 16.8 Å². The zero-order valence-corrected chi connectivity index (χ0v) is 14.3. The Kier molecular flexibility index (Phi) is 5.64. The Labute approximate surface area is 148 Å². The minimum atomic E-state index is -0.250. The van der Waals surface area contributed by atoms with Crippen molar-refractivity contribution in [3.05, 3.63) is 46.0 Å². The highest BCUT2D eigenvalue weighted by atomic mass is 35.5. The molecule has 0 fully saturated rings. The molecule has 0 aliphatic heterocycles. The molecule has 1 amide bonds. The maximum absolute atomic E-state index is 12.0. The molecule has 0 unspecified atom stereocenters. The van der Waals surface area contributed by atoms with Gasteiger partial charge in [0, 0.05) is 10.7 Å². The number of nitrogens with one attached hydrogen (secondary N) is 2. The molecule has 24 heavy (non-hydrogen) atoms. The van der Waals surface area contributed by atoms with Crippen molar-refractivity contribution in [1.29, 1.82) is 10.5 Å². The molecule has 0 aliphatic carbocycles. The van der Waals surface area contributed by atoms with Crippen LogP contribution in [0.1, 0.15) is 16.7 Å². The third kappa shape index (κ3) is 4.17. The normalized spacial score (nSPS) is 9.83. The quantitative estimate of drug-likeness (QED) is 0.814. The van der Waals surface area contributed by atoms with E-state index in [1.165, 1.54) is 6.07 Å². The number of halogens is 1. The van der Waals surface area contributed by atoms with Crippen molar-refractivity contribution in [1.82, 2.24) is 0 Å². The van der Waals surface area contributed by atoms with Gasteiger partial charge in [0.1, 0.15) is 23.3 Å². The summed E-state index contributed by atoms with van der Waals surface area (Å²) in [5, 5.41) is 21.8. The number of nitrogen functional groups attached to an aromatic ring is 1. The molecule has 4 N–H and O–H groups in total. The van der Waals surface area contributed by atoms with Crippen LogP contribution in [0.5, 0.6) is 0 Å². The summed E-state index contributed by atoms with van der Waals surface area (Å²) in [6.45, 7) is 1.87. The molecule has 0 saturated heterocycles. The first-order valence-corrected chi connectivity index (χ1v) is 8.15. The summed E-state index contributed by atoms with van der Waals surface area (Å²) in [7, 11) is 0. The summed E-state index contributed by atoms with van der Waals surface area (Å²) in [6.07, 6.45) is 0. The monoisotopic (exact) mass is 358 g/mol. The van der Waals surface area contributed by atoms with Crippen LogP contribution in [0.2, 0.25) is 5.02 Å². The van der Waals surface area contributed by atoms with E-state index in [0.29, 0.717) is 15.7 Å². The maximum Gasteiger partial charge on any atom is 0.289 e. The molecular weight excluding hydrogens is 346 g/mol. The summed E-state index contributed by atoms with van der Waals surface area (Å²) in [6, 6.07) is 10.5. The van der Waals surface area contributed by atoms with Crippen molar-refractivity contribution in [3.8, 4) is 12.1 Å². The van der Waals surface area contributed by atoms with E-state index in [1.807, 2.05) is 25.1 Å². The Hall–Kier alpha value is -2.74. The van der Waals surface area contributed by atoms with E-state index < -0.39 is 0 Å². The fourth-order valence-electron chi connectivity index (χ4n) is 1.84. The predicted octanol–water partition coefficient (Wildman–Crippen LogP) is 2.52. The van der Waals surface area contributed by atoms with Gasteiger partial charge in [-0.25, -0.2) is 4.98 Å². The van der Waals surface area contributed by atoms with E-state index in [4.69, 9.17) is 27.9 Å². The number of H-pyrrole nitrogens is 1. The lowest BCUT2D eigenvalue weighted by Gasteiger charge is -2.07. The predicted molar refractivity (Wildman–Crippen MR) is 92.4 cm³/mol.